The van der Waals surface area contributed by atoms with Crippen molar-refractivity contribution in [1.29, 1.82) is 0 Å². The van der Waals surface area contributed by atoms with Crippen LogP contribution in [0.25, 0.3) is 0 Å². The Labute approximate surface area is 228 Å². The Morgan fingerprint density at radius 2 is 1.82 bits per heavy atom. The number of imidazole rings is 1. The van der Waals surface area contributed by atoms with Crippen molar-refractivity contribution < 1.29 is 30.7 Å². The molecule has 3 aromatic rings. The van der Waals surface area contributed by atoms with E-state index >= 15 is 0 Å². The molecule has 0 spiro atoms. The number of ether oxygens (including phenoxy) is 2. The van der Waals surface area contributed by atoms with Crippen LogP contribution in [0.1, 0.15) is 36.9 Å². The van der Waals surface area contributed by atoms with Crippen molar-refractivity contribution in [3.63, 3.8) is 0 Å². The highest BCUT2D eigenvalue weighted by atomic mass is 32.2. The maximum Gasteiger partial charge on any atom is 0.243 e. The maximum absolute atomic E-state index is 14.3. The fourth-order valence-corrected chi connectivity index (χ4v) is 7.75. The molecule has 1 aliphatic carbocycles. The molecule has 2 aliphatic rings. The van der Waals surface area contributed by atoms with Gasteiger partial charge in [-0.2, -0.15) is 4.31 Å². The van der Waals surface area contributed by atoms with E-state index in [1.165, 1.54) is 52.5 Å². The van der Waals surface area contributed by atoms with Crippen molar-refractivity contribution in [2.75, 3.05) is 20.3 Å². The van der Waals surface area contributed by atoms with Crippen LogP contribution in [0.2, 0.25) is 0 Å². The SMILES string of the molecule is COc1ccc(S(=O)(=O)N(Cc2cnc(S(=O)(=O)Cc3ccccc3F)n2C[C@H]2CCCO2)CC2CC2)cc1. The molecule has 1 saturated carbocycles. The lowest BCUT2D eigenvalue weighted by molar-refractivity contribution is 0.0937. The van der Waals surface area contributed by atoms with Gasteiger partial charge in [-0.05, 0) is 61.9 Å². The summed E-state index contributed by atoms with van der Waals surface area (Å²) in [7, 11) is -6.44. The van der Waals surface area contributed by atoms with Gasteiger partial charge in [0.1, 0.15) is 11.6 Å². The first-order valence-electron chi connectivity index (χ1n) is 12.9. The molecule has 210 valence electrons. The van der Waals surface area contributed by atoms with Crippen LogP contribution in [0.5, 0.6) is 5.75 Å². The molecule has 0 N–H and O–H groups in total. The summed E-state index contributed by atoms with van der Waals surface area (Å²) in [5.74, 6) is -0.379. The number of rotatable bonds is 12. The van der Waals surface area contributed by atoms with Gasteiger partial charge in [0.05, 0.1) is 48.8 Å². The third-order valence-electron chi connectivity index (χ3n) is 7.09. The molecule has 9 nitrogen and oxygen atoms in total. The first-order chi connectivity index (χ1) is 18.7. The predicted octanol–water partition coefficient (Wildman–Crippen LogP) is 3.78. The molecule has 39 heavy (non-hydrogen) atoms. The van der Waals surface area contributed by atoms with E-state index in [0.29, 0.717) is 24.6 Å². The number of aromatic nitrogens is 2. The van der Waals surface area contributed by atoms with Crippen LogP contribution >= 0.6 is 0 Å². The summed E-state index contributed by atoms with van der Waals surface area (Å²) < 4.78 is 82.6. The summed E-state index contributed by atoms with van der Waals surface area (Å²) in [6.07, 6.45) is 4.66. The van der Waals surface area contributed by atoms with Crippen LogP contribution < -0.4 is 4.74 Å². The molecule has 12 heteroatoms. The zero-order valence-electron chi connectivity index (χ0n) is 21.7. The number of nitrogens with zero attached hydrogens (tertiary/aromatic N) is 3. The molecule has 0 bridgehead atoms. The van der Waals surface area contributed by atoms with E-state index in [1.54, 1.807) is 18.2 Å². The lowest BCUT2D eigenvalue weighted by atomic mass is 10.2. The molecule has 1 atom stereocenters. The largest absolute Gasteiger partial charge is 0.497 e. The summed E-state index contributed by atoms with van der Waals surface area (Å²) in [5, 5.41) is -0.218. The molecule has 1 saturated heterocycles. The van der Waals surface area contributed by atoms with Gasteiger partial charge in [-0.1, -0.05) is 18.2 Å². The average molecular weight is 578 g/mol. The molecule has 0 amide bonds. The van der Waals surface area contributed by atoms with Gasteiger partial charge in [0.2, 0.25) is 25.0 Å². The molecule has 5 rings (SSSR count). The minimum atomic E-state index is -4.05. The summed E-state index contributed by atoms with van der Waals surface area (Å²) >= 11 is 0. The van der Waals surface area contributed by atoms with E-state index in [9.17, 15) is 21.2 Å². The minimum absolute atomic E-state index is 0.0446. The van der Waals surface area contributed by atoms with Crippen molar-refractivity contribution in [2.24, 2.45) is 5.92 Å². The van der Waals surface area contributed by atoms with Crippen molar-refractivity contribution in [2.45, 2.75) is 60.7 Å². The Morgan fingerprint density at radius 1 is 1.08 bits per heavy atom. The van der Waals surface area contributed by atoms with Gasteiger partial charge in [-0.3, -0.25) is 0 Å². The highest BCUT2D eigenvalue weighted by molar-refractivity contribution is 7.90. The second kappa shape index (κ2) is 11.4. The molecular formula is C27H32FN3O6S2. The topological polar surface area (TPSA) is 108 Å². The predicted molar refractivity (Wildman–Crippen MR) is 142 cm³/mol. The summed E-state index contributed by atoms with van der Waals surface area (Å²) in [6.45, 7) is 1.04. The monoisotopic (exact) mass is 577 g/mol. The number of benzene rings is 2. The first kappa shape index (κ1) is 27.8. The van der Waals surface area contributed by atoms with Crippen molar-refractivity contribution in [1.82, 2.24) is 13.9 Å². The fraction of sp³-hybridized carbons (Fsp3) is 0.444. The minimum Gasteiger partial charge on any atom is -0.497 e. The number of halogens is 1. The van der Waals surface area contributed by atoms with Crippen LogP contribution in [-0.2, 0) is 43.4 Å². The van der Waals surface area contributed by atoms with Gasteiger partial charge in [0.25, 0.3) is 0 Å². The molecule has 1 aromatic heterocycles. The van der Waals surface area contributed by atoms with E-state index in [-0.39, 0.29) is 40.7 Å². The fourth-order valence-electron chi connectivity index (χ4n) is 4.75. The molecule has 2 heterocycles. The Kier molecular flexibility index (Phi) is 8.08. The number of sulfonamides is 1. The van der Waals surface area contributed by atoms with Gasteiger partial charge < -0.3 is 14.0 Å². The third-order valence-corrected chi connectivity index (χ3v) is 10.5. The Bertz CT molecular complexity index is 1510. The summed E-state index contributed by atoms with van der Waals surface area (Å²) in [5.41, 5.74) is 0.485. The molecule has 2 aromatic carbocycles. The maximum atomic E-state index is 14.3. The number of methoxy groups -OCH3 is 1. The van der Waals surface area contributed by atoms with E-state index in [1.807, 2.05) is 0 Å². The van der Waals surface area contributed by atoms with Gasteiger partial charge in [-0.25, -0.2) is 26.2 Å². The standard InChI is InChI=1S/C27H32FN3O6S2/c1-36-23-10-12-25(13-11-23)39(34,35)30(16-20-8-9-20)17-22-15-29-27(31(22)18-24-6-4-14-37-24)38(32,33)19-21-5-2-3-7-26(21)28/h2-3,5,7,10-13,15,20,24H,4,6,8-9,14,16-19H2,1H3/t24-/m1/s1. The zero-order chi connectivity index (χ0) is 27.6. The normalized spacial score (nSPS) is 18.1. The van der Waals surface area contributed by atoms with Gasteiger partial charge in [0.15, 0.2) is 0 Å². The van der Waals surface area contributed by atoms with Crippen molar-refractivity contribution in [3.8, 4) is 5.75 Å². The second-order valence-corrected chi connectivity index (χ2v) is 13.9. The average Bonchev–Trinajstić information content (AvgIpc) is 3.41. The van der Waals surface area contributed by atoms with E-state index in [0.717, 1.165) is 25.7 Å². The molecule has 2 fully saturated rings. The van der Waals surface area contributed by atoms with E-state index < -0.39 is 31.4 Å². The quantitative estimate of drug-likeness (QED) is 0.322. The molecule has 0 unspecified atom stereocenters. The van der Waals surface area contributed by atoms with Gasteiger partial charge in [-0.15, -0.1) is 0 Å². The van der Waals surface area contributed by atoms with Gasteiger partial charge in [0, 0.05) is 18.7 Å². The molecule has 1 aliphatic heterocycles. The van der Waals surface area contributed by atoms with Crippen LogP contribution in [0.15, 0.2) is 64.8 Å². The first-order valence-corrected chi connectivity index (χ1v) is 16.0. The zero-order valence-corrected chi connectivity index (χ0v) is 23.3. The van der Waals surface area contributed by atoms with Crippen LogP contribution in [-0.4, -0.2) is 57.1 Å². The molecule has 0 radical (unpaired) electrons. The highest BCUT2D eigenvalue weighted by Gasteiger charge is 2.34. The Morgan fingerprint density at radius 3 is 2.46 bits per heavy atom. The smallest absolute Gasteiger partial charge is 0.243 e. The van der Waals surface area contributed by atoms with Crippen LogP contribution in [0.4, 0.5) is 4.39 Å². The lowest BCUT2D eigenvalue weighted by Gasteiger charge is -2.24. The number of sulfone groups is 1. The summed E-state index contributed by atoms with van der Waals surface area (Å²) in [6, 6.07) is 11.9. The Balaban J connectivity index is 1.50. The van der Waals surface area contributed by atoms with Crippen LogP contribution in [0, 0.1) is 11.7 Å². The third kappa shape index (κ3) is 6.34. The van der Waals surface area contributed by atoms with E-state index in [4.69, 9.17) is 9.47 Å². The summed E-state index contributed by atoms with van der Waals surface area (Å²) in [4.78, 5) is 4.37. The number of hydrogen-bond donors (Lipinski definition) is 0. The second-order valence-electron chi connectivity index (χ2n) is 10.0. The van der Waals surface area contributed by atoms with Crippen molar-refractivity contribution >= 4 is 19.9 Å². The van der Waals surface area contributed by atoms with Crippen LogP contribution in [0.3, 0.4) is 0 Å². The van der Waals surface area contributed by atoms with Gasteiger partial charge >= 0.3 is 0 Å². The van der Waals surface area contributed by atoms with Crippen molar-refractivity contribution in [3.05, 3.63) is 71.8 Å². The highest BCUT2D eigenvalue weighted by Crippen LogP contribution is 2.33. The lowest BCUT2D eigenvalue weighted by Crippen LogP contribution is -2.34. The van der Waals surface area contributed by atoms with E-state index in [2.05, 4.69) is 4.98 Å². The Hall–Kier alpha value is -2.80. The number of hydrogen-bond acceptors (Lipinski definition) is 7. The molecular weight excluding hydrogens is 545 g/mol.